The Bertz CT molecular complexity index is 552. The molecule has 0 aromatic carbocycles. The van der Waals surface area contributed by atoms with Crippen molar-refractivity contribution in [3.05, 3.63) is 0 Å². The normalized spacial score (nSPS) is 62.0. The molecule has 5 rings (SSSR count). The maximum Gasteiger partial charge on any atom is 0.0687 e. The Kier molecular flexibility index (Phi) is 3.20. The number of fused-ring (bicyclic) bond motifs is 3. The first-order valence-corrected chi connectivity index (χ1v) is 10.5. The first-order valence-electron chi connectivity index (χ1n) is 10.5. The van der Waals surface area contributed by atoms with Crippen molar-refractivity contribution >= 4 is 0 Å². The van der Waals surface area contributed by atoms with Crippen LogP contribution in [0.15, 0.2) is 0 Å². The second kappa shape index (κ2) is 4.78. The quantitative estimate of drug-likeness (QED) is 0.690. The molecule has 0 aromatic rings. The standard InChI is InChI=1S/C21H35NO2/c1-18-7-4-9-20(24,13-18)16-11-19-8-3-5-14(19)15(22-2)6-10-21(16,19)17(23)12-18/h14-17,22-24H,3-13H2,1-2H3. The molecule has 0 saturated heterocycles. The minimum absolute atomic E-state index is 0.0123. The Balaban J connectivity index is 1.62. The van der Waals surface area contributed by atoms with Crippen LogP contribution < -0.4 is 5.32 Å². The third-order valence-electron chi connectivity index (χ3n) is 9.74. The summed E-state index contributed by atoms with van der Waals surface area (Å²) in [6.45, 7) is 2.33. The Hall–Kier alpha value is -0.120. The predicted octanol–water partition coefficient (Wildman–Crippen LogP) is 3.24. The van der Waals surface area contributed by atoms with Crippen LogP contribution in [0.1, 0.15) is 77.6 Å². The van der Waals surface area contributed by atoms with Gasteiger partial charge in [-0.05, 0) is 87.5 Å². The highest BCUT2D eigenvalue weighted by molar-refractivity contribution is 5.27. The van der Waals surface area contributed by atoms with E-state index in [1.165, 1.54) is 38.5 Å². The smallest absolute Gasteiger partial charge is 0.0687 e. The summed E-state index contributed by atoms with van der Waals surface area (Å²) in [6.07, 6.45) is 12.4. The average Bonchev–Trinajstić information content (AvgIpc) is 2.93. The molecular weight excluding hydrogens is 298 g/mol. The Morgan fingerprint density at radius 1 is 1.00 bits per heavy atom. The van der Waals surface area contributed by atoms with Crippen LogP contribution in [0.3, 0.4) is 0 Å². The molecule has 8 unspecified atom stereocenters. The lowest BCUT2D eigenvalue weighted by Gasteiger charge is -2.73. The lowest BCUT2D eigenvalue weighted by atomic mass is 9.32. The number of hydrogen-bond donors (Lipinski definition) is 3. The van der Waals surface area contributed by atoms with E-state index in [0.717, 1.165) is 38.0 Å². The van der Waals surface area contributed by atoms with Gasteiger partial charge < -0.3 is 15.5 Å². The molecule has 0 aromatic heterocycles. The fourth-order valence-electron chi connectivity index (χ4n) is 9.09. The third-order valence-corrected chi connectivity index (χ3v) is 9.74. The van der Waals surface area contributed by atoms with Gasteiger partial charge in [0.05, 0.1) is 11.7 Å². The monoisotopic (exact) mass is 333 g/mol. The zero-order valence-corrected chi connectivity index (χ0v) is 15.5. The van der Waals surface area contributed by atoms with Crippen LogP contribution in [-0.2, 0) is 0 Å². The molecule has 2 bridgehead atoms. The van der Waals surface area contributed by atoms with E-state index < -0.39 is 5.60 Å². The van der Waals surface area contributed by atoms with E-state index in [4.69, 9.17) is 0 Å². The van der Waals surface area contributed by atoms with Gasteiger partial charge in [-0.2, -0.15) is 0 Å². The molecule has 5 aliphatic rings. The van der Waals surface area contributed by atoms with Crippen LogP contribution in [0.25, 0.3) is 0 Å². The second-order valence-corrected chi connectivity index (χ2v) is 10.6. The van der Waals surface area contributed by atoms with Crippen LogP contribution in [0.4, 0.5) is 0 Å². The van der Waals surface area contributed by atoms with Crippen LogP contribution in [0, 0.1) is 28.1 Å². The minimum Gasteiger partial charge on any atom is -0.392 e. The molecule has 24 heavy (non-hydrogen) atoms. The van der Waals surface area contributed by atoms with Gasteiger partial charge in [0.15, 0.2) is 0 Å². The lowest BCUT2D eigenvalue weighted by molar-refractivity contribution is -0.293. The Morgan fingerprint density at radius 2 is 1.83 bits per heavy atom. The SMILES string of the molecule is CNC1CCC23C(O)CC4(C)CCCC(O)(C4)C2CC32CCCC12. The van der Waals surface area contributed by atoms with Gasteiger partial charge in [-0.1, -0.05) is 19.8 Å². The van der Waals surface area contributed by atoms with E-state index in [1.807, 2.05) is 0 Å². The summed E-state index contributed by atoms with van der Waals surface area (Å²) >= 11 is 0. The molecule has 0 radical (unpaired) electrons. The van der Waals surface area contributed by atoms with E-state index in [1.54, 1.807) is 0 Å². The van der Waals surface area contributed by atoms with Crippen molar-refractivity contribution in [2.75, 3.05) is 7.05 Å². The van der Waals surface area contributed by atoms with Gasteiger partial charge >= 0.3 is 0 Å². The highest BCUT2D eigenvalue weighted by atomic mass is 16.3. The van der Waals surface area contributed by atoms with E-state index in [0.29, 0.717) is 17.4 Å². The number of rotatable bonds is 1. The summed E-state index contributed by atoms with van der Waals surface area (Å²) in [5.74, 6) is 1.07. The number of hydrogen-bond acceptors (Lipinski definition) is 3. The van der Waals surface area contributed by atoms with Crippen molar-refractivity contribution in [1.29, 1.82) is 0 Å². The first-order chi connectivity index (χ1) is 11.4. The van der Waals surface area contributed by atoms with Crippen LogP contribution >= 0.6 is 0 Å². The van der Waals surface area contributed by atoms with Gasteiger partial charge in [0.1, 0.15) is 0 Å². The number of aliphatic hydroxyl groups excluding tert-OH is 1. The van der Waals surface area contributed by atoms with Gasteiger partial charge in [0.25, 0.3) is 0 Å². The maximum absolute atomic E-state index is 11.7. The summed E-state index contributed by atoms with van der Waals surface area (Å²) in [5, 5.41) is 26.9. The fourth-order valence-corrected chi connectivity index (χ4v) is 9.09. The fraction of sp³-hybridized carbons (Fsp3) is 1.00. The summed E-state index contributed by atoms with van der Waals surface area (Å²) in [4.78, 5) is 0. The second-order valence-electron chi connectivity index (χ2n) is 10.6. The van der Waals surface area contributed by atoms with Gasteiger partial charge in [-0.25, -0.2) is 0 Å². The van der Waals surface area contributed by atoms with Crippen molar-refractivity contribution in [3.63, 3.8) is 0 Å². The number of aliphatic hydroxyl groups is 2. The topological polar surface area (TPSA) is 52.5 Å². The molecule has 3 N–H and O–H groups in total. The molecule has 0 aliphatic heterocycles. The minimum atomic E-state index is -0.505. The highest BCUT2D eigenvalue weighted by Gasteiger charge is 2.78. The summed E-state index contributed by atoms with van der Waals surface area (Å²) in [5.41, 5.74) is -0.0338. The van der Waals surface area contributed by atoms with Crippen molar-refractivity contribution < 1.29 is 10.2 Å². The van der Waals surface area contributed by atoms with Crippen LogP contribution in [0.5, 0.6) is 0 Å². The molecule has 0 amide bonds. The summed E-state index contributed by atoms with van der Waals surface area (Å²) in [6, 6.07) is 0.624. The van der Waals surface area contributed by atoms with E-state index in [-0.39, 0.29) is 16.9 Å². The molecule has 5 saturated carbocycles. The van der Waals surface area contributed by atoms with Gasteiger partial charge in [0.2, 0.25) is 0 Å². The Morgan fingerprint density at radius 3 is 2.62 bits per heavy atom. The summed E-state index contributed by atoms with van der Waals surface area (Å²) < 4.78 is 0. The number of nitrogens with one attached hydrogen (secondary N) is 1. The highest BCUT2D eigenvalue weighted by Crippen LogP contribution is 2.80. The van der Waals surface area contributed by atoms with Crippen molar-refractivity contribution in [2.45, 2.75) is 95.3 Å². The Labute approximate surface area is 146 Å². The largest absolute Gasteiger partial charge is 0.392 e. The van der Waals surface area contributed by atoms with Crippen molar-refractivity contribution in [1.82, 2.24) is 5.32 Å². The van der Waals surface area contributed by atoms with Crippen molar-refractivity contribution in [2.24, 2.45) is 28.1 Å². The van der Waals surface area contributed by atoms with Gasteiger partial charge in [-0.15, -0.1) is 0 Å². The molecule has 5 fully saturated rings. The molecule has 0 heterocycles. The molecule has 136 valence electrons. The van der Waals surface area contributed by atoms with E-state index in [2.05, 4.69) is 19.3 Å². The van der Waals surface area contributed by atoms with E-state index in [9.17, 15) is 10.2 Å². The zero-order valence-electron chi connectivity index (χ0n) is 15.5. The molecular formula is C21H35NO2. The third kappa shape index (κ3) is 1.66. The lowest BCUT2D eigenvalue weighted by Crippen LogP contribution is -2.73. The van der Waals surface area contributed by atoms with Crippen molar-refractivity contribution in [3.8, 4) is 0 Å². The van der Waals surface area contributed by atoms with E-state index >= 15 is 0 Å². The van der Waals surface area contributed by atoms with Crippen LogP contribution in [-0.4, -0.2) is 35.0 Å². The first kappa shape index (κ1) is 16.1. The van der Waals surface area contributed by atoms with Gasteiger partial charge in [0, 0.05) is 11.5 Å². The van der Waals surface area contributed by atoms with Gasteiger partial charge in [-0.3, -0.25) is 0 Å². The molecule has 8 atom stereocenters. The zero-order chi connectivity index (χ0) is 16.8. The molecule has 2 spiro atoms. The molecule has 3 heteroatoms. The molecule has 5 aliphatic carbocycles. The molecule has 3 nitrogen and oxygen atoms in total. The summed E-state index contributed by atoms with van der Waals surface area (Å²) in [7, 11) is 2.12. The average molecular weight is 334 g/mol. The predicted molar refractivity (Wildman–Crippen MR) is 94.5 cm³/mol. The van der Waals surface area contributed by atoms with Crippen LogP contribution in [0.2, 0.25) is 0 Å². The maximum atomic E-state index is 11.7.